The van der Waals surface area contributed by atoms with Gasteiger partial charge in [0.2, 0.25) is 11.7 Å². The molecule has 0 aliphatic heterocycles. The second-order valence-corrected chi connectivity index (χ2v) is 4.65. The van der Waals surface area contributed by atoms with Crippen molar-refractivity contribution in [2.45, 2.75) is 11.7 Å². The zero-order valence-electron chi connectivity index (χ0n) is 6.50. The van der Waals surface area contributed by atoms with Gasteiger partial charge < -0.3 is 4.74 Å². The molecule has 0 aromatic heterocycles. The Morgan fingerprint density at radius 1 is 0.769 bits per heavy atom. The minimum atomic E-state index is -2.03. The van der Waals surface area contributed by atoms with Crippen LogP contribution < -0.4 is 0 Å². The van der Waals surface area contributed by atoms with Crippen molar-refractivity contribution in [1.29, 1.82) is 0 Å². The Bertz CT molecular complexity index is 134. The first-order chi connectivity index (χ1) is 5.95. The van der Waals surface area contributed by atoms with Gasteiger partial charge in [-0.3, -0.25) is 0 Å². The number of rotatable bonds is 6. The van der Waals surface area contributed by atoms with Crippen molar-refractivity contribution in [2.24, 2.45) is 0 Å². The molecule has 0 spiro atoms. The Morgan fingerprint density at radius 3 is 1.15 bits per heavy atom. The molecule has 0 heterocycles. The molecule has 0 saturated heterocycles. The summed E-state index contributed by atoms with van der Waals surface area (Å²) in [5, 5.41) is -0.346. The summed E-state index contributed by atoms with van der Waals surface area (Å²) in [5.41, 5.74) is 0. The zero-order chi connectivity index (χ0) is 10.5. The molecule has 0 aromatic rings. The van der Waals surface area contributed by atoms with Crippen molar-refractivity contribution in [3.63, 3.8) is 0 Å². The van der Waals surface area contributed by atoms with Crippen LogP contribution >= 0.6 is 63.7 Å². The number of alkyl halides is 6. The van der Waals surface area contributed by atoms with Crippen molar-refractivity contribution in [2.75, 3.05) is 21.3 Å². The number of hydrogen-bond acceptors (Lipinski definition) is 1. The van der Waals surface area contributed by atoms with Gasteiger partial charge in [-0.1, -0.05) is 63.7 Å². The second-order valence-electron chi connectivity index (χ2n) is 2.40. The van der Waals surface area contributed by atoms with E-state index >= 15 is 0 Å². The van der Waals surface area contributed by atoms with Gasteiger partial charge in [-0.2, -0.15) is 0 Å². The predicted molar refractivity (Wildman–Crippen MR) is 63.9 cm³/mol. The van der Waals surface area contributed by atoms with E-state index in [9.17, 15) is 8.78 Å². The van der Waals surface area contributed by atoms with Crippen LogP contribution in [-0.4, -0.2) is 33.0 Å². The van der Waals surface area contributed by atoms with Crippen LogP contribution in [0.5, 0.6) is 0 Å². The smallest absolute Gasteiger partial charge is 0.231 e. The molecule has 0 aromatic carbocycles. The fourth-order valence-electron chi connectivity index (χ4n) is 0.508. The summed E-state index contributed by atoms with van der Waals surface area (Å²) in [7, 11) is 0. The maximum Gasteiger partial charge on any atom is 0.231 e. The first-order valence-corrected chi connectivity index (χ1v) is 7.76. The van der Waals surface area contributed by atoms with E-state index in [1.165, 1.54) is 0 Å². The molecule has 0 saturated carbocycles. The molecular weight excluding hydrogens is 446 g/mol. The fourth-order valence-corrected chi connectivity index (χ4v) is 2.82. The van der Waals surface area contributed by atoms with E-state index in [1.807, 2.05) is 0 Å². The summed E-state index contributed by atoms with van der Waals surface area (Å²) in [6.45, 7) is 0. The number of ether oxygens (including phenoxy) is 1. The summed E-state index contributed by atoms with van der Waals surface area (Å²) in [5.74, 6) is -4.06. The van der Waals surface area contributed by atoms with Crippen LogP contribution in [0.15, 0.2) is 0 Å². The van der Waals surface area contributed by atoms with Gasteiger partial charge in [0.05, 0.1) is 21.3 Å². The third-order valence-corrected chi connectivity index (χ3v) is 4.51. The molecule has 0 N–H and O–H groups in total. The molecule has 0 aliphatic rings. The number of halogens is 6. The third kappa shape index (κ3) is 4.86. The molecule has 7 heteroatoms. The first-order valence-electron chi connectivity index (χ1n) is 3.27. The highest BCUT2D eigenvalue weighted by molar-refractivity contribution is 9.10. The van der Waals surface area contributed by atoms with E-state index in [0.29, 0.717) is 0 Å². The van der Waals surface area contributed by atoms with Crippen LogP contribution in [0.25, 0.3) is 0 Å². The Balaban J connectivity index is 4.36. The molecule has 1 nitrogen and oxygen atoms in total. The van der Waals surface area contributed by atoms with E-state index in [0.717, 1.165) is 0 Å². The molecule has 0 amide bonds. The van der Waals surface area contributed by atoms with E-state index in [-0.39, 0.29) is 21.3 Å². The number of hydrogen-bond donors (Lipinski definition) is 0. The van der Waals surface area contributed by atoms with Gasteiger partial charge in [0.15, 0.2) is 0 Å². The molecular formula is C6H8Br4F2O. The summed E-state index contributed by atoms with van der Waals surface area (Å²) < 4.78 is 31.7. The topological polar surface area (TPSA) is 9.23 Å². The summed E-state index contributed by atoms with van der Waals surface area (Å²) >= 11 is 11.7. The van der Waals surface area contributed by atoms with Gasteiger partial charge in [-0.15, -0.1) is 0 Å². The highest BCUT2D eigenvalue weighted by atomic mass is 79.9. The first kappa shape index (κ1) is 14.7. The van der Waals surface area contributed by atoms with E-state index < -0.39 is 11.7 Å². The van der Waals surface area contributed by atoms with Gasteiger partial charge in [0.25, 0.3) is 0 Å². The lowest BCUT2D eigenvalue weighted by atomic mass is 10.3. The van der Waals surface area contributed by atoms with Crippen LogP contribution in [0.2, 0.25) is 0 Å². The van der Waals surface area contributed by atoms with Crippen LogP contribution in [0.4, 0.5) is 8.78 Å². The maximum atomic E-state index is 13.5. The Labute approximate surface area is 109 Å². The lowest BCUT2D eigenvalue weighted by Crippen LogP contribution is -2.44. The van der Waals surface area contributed by atoms with Crippen LogP contribution in [-0.2, 0) is 4.74 Å². The minimum Gasteiger partial charge on any atom is -0.305 e. The van der Waals surface area contributed by atoms with Crippen molar-refractivity contribution in [1.82, 2.24) is 0 Å². The highest BCUT2D eigenvalue weighted by Crippen LogP contribution is 2.30. The van der Waals surface area contributed by atoms with E-state index in [2.05, 4.69) is 63.7 Å². The van der Waals surface area contributed by atoms with Crippen LogP contribution in [0, 0.1) is 0 Å². The average Bonchev–Trinajstić information content (AvgIpc) is 2.17. The monoisotopic (exact) mass is 450 g/mol. The summed E-state index contributed by atoms with van der Waals surface area (Å²) in [6, 6.07) is 0. The molecule has 80 valence electrons. The second kappa shape index (κ2) is 6.35. The molecule has 0 aliphatic carbocycles. The van der Waals surface area contributed by atoms with Gasteiger partial charge in [-0.05, 0) is 0 Å². The van der Waals surface area contributed by atoms with Gasteiger partial charge >= 0.3 is 0 Å². The molecule has 0 atom stereocenters. The van der Waals surface area contributed by atoms with Crippen LogP contribution in [0.3, 0.4) is 0 Å². The molecule has 0 fully saturated rings. The van der Waals surface area contributed by atoms with E-state index in [1.54, 1.807) is 0 Å². The quantitative estimate of drug-likeness (QED) is 0.554. The Kier molecular flexibility index (Phi) is 7.20. The Morgan fingerprint density at radius 2 is 1.00 bits per heavy atom. The summed E-state index contributed by atoms with van der Waals surface area (Å²) in [6.07, 6.45) is 0. The largest absolute Gasteiger partial charge is 0.305 e. The predicted octanol–water partition coefficient (Wildman–Crippen LogP) is 3.91. The van der Waals surface area contributed by atoms with Crippen molar-refractivity contribution in [3.05, 3.63) is 0 Å². The third-order valence-electron chi connectivity index (χ3n) is 1.16. The molecule has 13 heavy (non-hydrogen) atoms. The minimum absolute atomic E-state index is 0.0864. The molecule has 0 rings (SSSR count). The Hall–Kier alpha value is 1.74. The van der Waals surface area contributed by atoms with Crippen LogP contribution in [0.1, 0.15) is 0 Å². The zero-order valence-corrected chi connectivity index (χ0v) is 12.8. The molecule has 0 radical (unpaired) electrons. The average molecular weight is 454 g/mol. The van der Waals surface area contributed by atoms with Crippen molar-refractivity contribution in [3.8, 4) is 0 Å². The van der Waals surface area contributed by atoms with Gasteiger partial charge in [-0.25, -0.2) is 8.78 Å². The van der Waals surface area contributed by atoms with E-state index in [4.69, 9.17) is 4.74 Å². The molecule has 0 unspecified atom stereocenters. The maximum absolute atomic E-state index is 13.5. The van der Waals surface area contributed by atoms with Gasteiger partial charge in [0, 0.05) is 0 Å². The molecule has 0 bridgehead atoms. The summed E-state index contributed by atoms with van der Waals surface area (Å²) in [4.78, 5) is 0. The standard InChI is InChI=1S/C6H8Br4F2O/c7-1-5(11,2-8)13-6(12,3-9)4-10/h1-4H2. The normalized spacial score (nSPS) is 13.4. The fraction of sp³-hybridized carbons (Fsp3) is 1.00. The van der Waals surface area contributed by atoms with Crippen molar-refractivity contribution < 1.29 is 13.5 Å². The highest BCUT2D eigenvalue weighted by Gasteiger charge is 2.40. The van der Waals surface area contributed by atoms with Gasteiger partial charge in [0.1, 0.15) is 0 Å². The SMILES string of the molecule is FC(CBr)(CBr)OC(F)(CBr)CBr. The lowest BCUT2D eigenvalue weighted by Gasteiger charge is -2.30. The van der Waals surface area contributed by atoms with Crippen molar-refractivity contribution >= 4 is 63.7 Å². The lowest BCUT2D eigenvalue weighted by molar-refractivity contribution is -0.229.